The molecule has 0 aromatic heterocycles. The standard InChI is InChI=1S/C5H17N4O3P/c1-13(10,11-8-4-2-6)12-9-5-3-7/h8-9H,2-7H2,1H3. The van der Waals surface area contributed by atoms with Gasteiger partial charge in [0.1, 0.15) is 0 Å². The SMILES string of the molecule is CP(=O)(ONCCN)ONCCN. The smallest absolute Gasteiger partial charge is 0.329 e. The van der Waals surface area contributed by atoms with Gasteiger partial charge in [-0.1, -0.05) is 0 Å². The lowest BCUT2D eigenvalue weighted by atomic mass is 10.7. The first kappa shape index (κ1) is 13.0. The zero-order chi connectivity index (χ0) is 10.2. The molecule has 0 bridgehead atoms. The van der Waals surface area contributed by atoms with Crippen LogP contribution in [-0.4, -0.2) is 32.8 Å². The van der Waals surface area contributed by atoms with Gasteiger partial charge in [0.25, 0.3) is 0 Å². The fourth-order valence-electron chi connectivity index (χ4n) is 0.462. The highest BCUT2D eigenvalue weighted by atomic mass is 31.2. The lowest BCUT2D eigenvalue weighted by Gasteiger charge is -2.13. The van der Waals surface area contributed by atoms with E-state index in [0.717, 1.165) is 0 Å². The van der Waals surface area contributed by atoms with E-state index in [1.807, 2.05) is 0 Å². The van der Waals surface area contributed by atoms with E-state index in [2.05, 4.69) is 11.0 Å². The highest BCUT2D eigenvalue weighted by Gasteiger charge is 2.16. The van der Waals surface area contributed by atoms with Crippen LogP contribution in [0.3, 0.4) is 0 Å². The summed E-state index contributed by atoms with van der Waals surface area (Å²) in [6.07, 6.45) is 0. The second-order valence-corrected chi connectivity index (χ2v) is 4.23. The third-order valence-electron chi connectivity index (χ3n) is 0.954. The van der Waals surface area contributed by atoms with E-state index in [0.29, 0.717) is 26.2 Å². The topological polar surface area (TPSA) is 112 Å². The Morgan fingerprint density at radius 2 is 1.54 bits per heavy atom. The summed E-state index contributed by atoms with van der Waals surface area (Å²) in [5, 5.41) is 0. The van der Waals surface area contributed by atoms with Crippen LogP contribution in [-0.2, 0) is 13.8 Å². The minimum atomic E-state index is -3.09. The molecule has 0 aliphatic rings. The first-order chi connectivity index (χ1) is 6.12. The highest BCUT2D eigenvalue weighted by Crippen LogP contribution is 2.40. The van der Waals surface area contributed by atoms with Crippen molar-refractivity contribution in [2.45, 2.75) is 0 Å². The summed E-state index contributed by atoms with van der Waals surface area (Å²) < 4.78 is 20.7. The normalized spacial score (nSPS) is 11.9. The van der Waals surface area contributed by atoms with Gasteiger partial charge in [-0.2, -0.15) is 11.0 Å². The van der Waals surface area contributed by atoms with Gasteiger partial charge in [0, 0.05) is 32.8 Å². The summed E-state index contributed by atoms with van der Waals surface area (Å²) in [5.41, 5.74) is 15.2. The largest absolute Gasteiger partial charge is 0.360 e. The van der Waals surface area contributed by atoms with Crippen molar-refractivity contribution >= 4 is 7.60 Å². The van der Waals surface area contributed by atoms with Crippen molar-refractivity contribution in [3.63, 3.8) is 0 Å². The minimum Gasteiger partial charge on any atom is -0.329 e. The highest BCUT2D eigenvalue weighted by molar-refractivity contribution is 7.52. The molecule has 0 fully saturated rings. The van der Waals surface area contributed by atoms with Crippen LogP contribution in [0.25, 0.3) is 0 Å². The first-order valence-corrected chi connectivity index (χ1v) is 5.92. The quantitative estimate of drug-likeness (QED) is 0.226. The van der Waals surface area contributed by atoms with Crippen LogP contribution in [0, 0.1) is 0 Å². The number of hydrogen-bond acceptors (Lipinski definition) is 7. The minimum absolute atomic E-state index is 0.399. The Kier molecular flexibility index (Phi) is 7.39. The number of hydrogen-bond donors (Lipinski definition) is 4. The Bertz CT molecular complexity index is 154. The molecule has 13 heavy (non-hydrogen) atoms. The van der Waals surface area contributed by atoms with Crippen molar-refractivity contribution in [3.05, 3.63) is 0 Å². The van der Waals surface area contributed by atoms with Crippen LogP contribution in [0.15, 0.2) is 0 Å². The van der Waals surface area contributed by atoms with Gasteiger partial charge in [-0.05, 0) is 0 Å². The summed E-state index contributed by atoms with van der Waals surface area (Å²) in [7, 11) is -3.09. The zero-order valence-corrected chi connectivity index (χ0v) is 8.55. The van der Waals surface area contributed by atoms with E-state index < -0.39 is 7.60 Å². The van der Waals surface area contributed by atoms with Crippen LogP contribution in [0.4, 0.5) is 0 Å². The average molecular weight is 212 g/mol. The van der Waals surface area contributed by atoms with Crippen molar-refractivity contribution in [2.75, 3.05) is 32.8 Å². The van der Waals surface area contributed by atoms with Crippen LogP contribution < -0.4 is 22.4 Å². The fourth-order valence-corrected chi connectivity index (χ4v) is 1.15. The monoisotopic (exact) mass is 212 g/mol. The van der Waals surface area contributed by atoms with Crippen molar-refractivity contribution in [2.24, 2.45) is 11.5 Å². The van der Waals surface area contributed by atoms with Gasteiger partial charge >= 0.3 is 7.60 Å². The Morgan fingerprint density at radius 3 is 1.85 bits per heavy atom. The summed E-state index contributed by atoms with van der Waals surface area (Å²) >= 11 is 0. The molecular formula is C5H17N4O3P. The molecule has 6 N–H and O–H groups in total. The molecule has 0 amide bonds. The van der Waals surface area contributed by atoms with Gasteiger partial charge in [0.2, 0.25) is 0 Å². The van der Waals surface area contributed by atoms with Gasteiger partial charge in [-0.3, -0.25) is 4.57 Å². The molecule has 0 unspecified atom stereocenters. The molecule has 80 valence electrons. The predicted molar refractivity (Wildman–Crippen MR) is 49.8 cm³/mol. The lowest BCUT2D eigenvalue weighted by molar-refractivity contribution is 0.107. The van der Waals surface area contributed by atoms with Crippen molar-refractivity contribution < 1.29 is 13.8 Å². The maximum Gasteiger partial charge on any atom is 0.360 e. The predicted octanol–water partition coefficient (Wildman–Crippen LogP) is -1.23. The Labute approximate surface area is 77.6 Å². The van der Waals surface area contributed by atoms with Gasteiger partial charge in [-0.25, -0.2) is 9.25 Å². The molecule has 0 aliphatic heterocycles. The fraction of sp³-hybridized carbons (Fsp3) is 1.00. The van der Waals surface area contributed by atoms with Gasteiger partial charge in [0.15, 0.2) is 0 Å². The molecule has 0 saturated carbocycles. The van der Waals surface area contributed by atoms with Crippen LogP contribution >= 0.6 is 7.60 Å². The average Bonchev–Trinajstić information content (AvgIpc) is 2.05. The molecular weight excluding hydrogens is 195 g/mol. The number of nitrogens with two attached hydrogens (primary N) is 2. The van der Waals surface area contributed by atoms with Gasteiger partial charge in [0.05, 0.1) is 0 Å². The van der Waals surface area contributed by atoms with Crippen molar-refractivity contribution in [3.8, 4) is 0 Å². The van der Waals surface area contributed by atoms with E-state index in [4.69, 9.17) is 20.7 Å². The Balaban J connectivity index is 3.49. The molecule has 8 heteroatoms. The second kappa shape index (κ2) is 7.40. The van der Waals surface area contributed by atoms with E-state index in [9.17, 15) is 4.57 Å². The van der Waals surface area contributed by atoms with E-state index >= 15 is 0 Å². The molecule has 0 spiro atoms. The molecule has 0 aromatic rings. The molecule has 7 nitrogen and oxygen atoms in total. The maximum atomic E-state index is 11.3. The molecule has 0 aromatic carbocycles. The van der Waals surface area contributed by atoms with E-state index in [1.54, 1.807) is 0 Å². The van der Waals surface area contributed by atoms with Crippen LogP contribution in [0.1, 0.15) is 0 Å². The summed E-state index contributed by atoms with van der Waals surface area (Å²) in [6, 6.07) is 0. The Hall–Kier alpha value is -0.0100. The van der Waals surface area contributed by atoms with Crippen LogP contribution in [0.5, 0.6) is 0 Å². The zero-order valence-electron chi connectivity index (χ0n) is 7.66. The van der Waals surface area contributed by atoms with Crippen molar-refractivity contribution in [1.29, 1.82) is 0 Å². The third-order valence-corrected chi connectivity index (χ3v) is 1.88. The van der Waals surface area contributed by atoms with E-state index in [1.165, 1.54) is 6.66 Å². The second-order valence-electron chi connectivity index (χ2n) is 2.32. The number of rotatable bonds is 8. The summed E-state index contributed by atoms with van der Waals surface area (Å²) in [5.74, 6) is 0. The Morgan fingerprint density at radius 1 is 1.15 bits per heavy atom. The van der Waals surface area contributed by atoms with E-state index in [-0.39, 0.29) is 0 Å². The van der Waals surface area contributed by atoms with Crippen LogP contribution in [0.2, 0.25) is 0 Å². The van der Waals surface area contributed by atoms with Gasteiger partial charge < -0.3 is 11.5 Å². The van der Waals surface area contributed by atoms with Gasteiger partial charge in [-0.15, -0.1) is 0 Å². The summed E-state index contributed by atoms with van der Waals surface area (Å²) in [4.78, 5) is 0. The summed E-state index contributed by atoms with van der Waals surface area (Å²) in [6.45, 7) is 2.96. The molecule has 0 atom stereocenters. The third kappa shape index (κ3) is 8.32. The van der Waals surface area contributed by atoms with Crippen molar-refractivity contribution in [1.82, 2.24) is 11.0 Å². The molecule has 0 saturated heterocycles. The number of nitrogens with one attached hydrogen (secondary N) is 2. The molecule has 0 radical (unpaired) electrons. The molecule has 0 aliphatic carbocycles. The maximum absolute atomic E-state index is 11.3. The molecule has 0 rings (SSSR count). The first-order valence-electron chi connectivity index (χ1n) is 3.93. The molecule has 0 heterocycles. The lowest BCUT2D eigenvalue weighted by Crippen LogP contribution is -2.25. The number of hydroxylamine groups is 2.